The Hall–Kier alpha value is 0.270. The van der Waals surface area contributed by atoms with Gasteiger partial charge in [-0.05, 0) is 13.5 Å². The molecule has 0 aromatic rings. The summed E-state index contributed by atoms with van der Waals surface area (Å²) >= 11 is 4.20. The first-order chi connectivity index (χ1) is 4.83. The van der Waals surface area contributed by atoms with Crippen molar-refractivity contribution in [2.75, 3.05) is 20.1 Å². The van der Waals surface area contributed by atoms with Crippen LogP contribution in [0.25, 0.3) is 0 Å². The monoisotopic (exact) mass is 162 g/mol. The fourth-order valence-corrected chi connectivity index (χ4v) is 1.29. The fraction of sp³-hybridized carbons (Fsp3) is 1.00. The molecule has 1 aliphatic heterocycles. The number of nitrogens with one attached hydrogen (secondary N) is 1. The third-order valence-electron chi connectivity index (χ3n) is 1.58. The van der Waals surface area contributed by atoms with Gasteiger partial charge >= 0.3 is 0 Å². The van der Waals surface area contributed by atoms with Crippen LogP contribution >= 0.6 is 12.8 Å². The van der Waals surface area contributed by atoms with E-state index in [4.69, 9.17) is 0 Å². The van der Waals surface area contributed by atoms with E-state index in [0.717, 1.165) is 13.1 Å². The number of nitrogens with zero attached hydrogens (tertiary/aromatic N) is 1. The van der Waals surface area contributed by atoms with E-state index in [9.17, 15) is 0 Å². The smallest absolute Gasteiger partial charge is 0.0242 e. The summed E-state index contributed by atoms with van der Waals surface area (Å²) < 4.78 is 2.04. The molecule has 10 heavy (non-hydrogen) atoms. The Kier molecular flexibility index (Phi) is 6.17. The zero-order valence-electron chi connectivity index (χ0n) is 7.09. The molecule has 0 saturated carbocycles. The highest BCUT2D eigenvalue weighted by atomic mass is 32.1. The van der Waals surface area contributed by atoms with Gasteiger partial charge in [-0.15, -0.1) is 0 Å². The Morgan fingerprint density at radius 1 is 1.50 bits per heavy atom. The first kappa shape index (κ1) is 10.3. The highest BCUT2D eigenvalue weighted by molar-refractivity contribution is 7.77. The third kappa shape index (κ3) is 3.44. The van der Waals surface area contributed by atoms with E-state index in [1.807, 2.05) is 25.2 Å². The Morgan fingerprint density at radius 2 is 2.10 bits per heavy atom. The molecular formula is C7H18N2S. The largest absolute Gasteiger partial charge is 0.316 e. The van der Waals surface area contributed by atoms with Crippen molar-refractivity contribution in [1.82, 2.24) is 9.62 Å². The molecule has 1 rings (SSSR count). The van der Waals surface area contributed by atoms with Gasteiger partial charge in [-0.25, -0.2) is 0 Å². The van der Waals surface area contributed by atoms with Crippen molar-refractivity contribution in [3.05, 3.63) is 0 Å². The maximum Gasteiger partial charge on any atom is 0.0242 e. The molecule has 0 radical (unpaired) electrons. The van der Waals surface area contributed by atoms with Gasteiger partial charge in [-0.3, -0.25) is 4.31 Å². The Labute approximate surface area is 69.5 Å². The van der Waals surface area contributed by atoms with Gasteiger partial charge in [-0.1, -0.05) is 26.7 Å². The van der Waals surface area contributed by atoms with Crippen molar-refractivity contribution >= 4 is 12.8 Å². The average Bonchev–Trinajstić information content (AvgIpc) is 2.40. The number of likely N-dealkylation sites (N-methyl/N-ethyl adjacent to an activating group) is 1. The number of rotatable bonds is 1. The Balaban J connectivity index is 0.000000371. The van der Waals surface area contributed by atoms with Gasteiger partial charge in [0.2, 0.25) is 0 Å². The minimum absolute atomic E-state index is 0.674. The van der Waals surface area contributed by atoms with E-state index < -0.39 is 0 Å². The molecule has 1 unspecified atom stereocenters. The highest BCUT2D eigenvalue weighted by Gasteiger charge is 2.17. The van der Waals surface area contributed by atoms with Crippen LogP contribution in [0.4, 0.5) is 0 Å². The molecule has 0 aromatic heterocycles. The summed E-state index contributed by atoms with van der Waals surface area (Å²) in [4.78, 5) is 0. The van der Waals surface area contributed by atoms with Crippen LogP contribution in [0, 0.1) is 0 Å². The van der Waals surface area contributed by atoms with Crippen molar-refractivity contribution in [1.29, 1.82) is 0 Å². The van der Waals surface area contributed by atoms with Crippen LogP contribution in [-0.4, -0.2) is 30.5 Å². The summed E-state index contributed by atoms with van der Waals surface area (Å²) in [6.07, 6.45) is 1.24. The standard InChI is InChI=1S/C5H12N2S.C2H6/c1-6-5-2-3-7(8)4-5;1-2/h5-6,8H,2-4H2,1H3;1-2H3. The first-order valence-electron chi connectivity index (χ1n) is 3.94. The predicted molar refractivity (Wildman–Crippen MR) is 49.4 cm³/mol. The highest BCUT2D eigenvalue weighted by Crippen LogP contribution is 2.09. The van der Waals surface area contributed by atoms with E-state index in [1.54, 1.807) is 0 Å². The van der Waals surface area contributed by atoms with E-state index in [1.165, 1.54) is 6.42 Å². The summed E-state index contributed by atoms with van der Waals surface area (Å²) in [6, 6.07) is 0.674. The van der Waals surface area contributed by atoms with Crippen molar-refractivity contribution in [2.45, 2.75) is 26.3 Å². The molecule has 1 aliphatic rings. The van der Waals surface area contributed by atoms with Gasteiger partial charge < -0.3 is 5.32 Å². The summed E-state index contributed by atoms with van der Waals surface area (Å²) in [7, 11) is 2.00. The van der Waals surface area contributed by atoms with Crippen molar-refractivity contribution in [3.63, 3.8) is 0 Å². The van der Waals surface area contributed by atoms with Gasteiger partial charge in [-0.2, -0.15) is 0 Å². The van der Waals surface area contributed by atoms with Crippen molar-refractivity contribution < 1.29 is 0 Å². The van der Waals surface area contributed by atoms with Crippen LogP contribution in [0.1, 0.15) is 20.3 Å². The van der Waals surface area contributed by atoms with Gasteiger partial charge in [0.05, 0.1) is 0 Å². The maximum atomic E-state index is 4.20. The van der Waals surface area contributed by atoms with Crippen LogP contribution < -0.4 is 5.32 Å². The number of thiol groups is 1. The van der Waals surface area contributed by atoms with Crippen LogP contribution in [-0.2, 0) is 0 Å². The second kappa shape index (κ2) is 6.01. The normalized spacial score (nSPS) is 25.8. The first-order valence-corrected chi connectivity index (χ1v) is 4.34. The zero-order chi connectivity index (χ0) is 7.98. The molecule has 1 saturated heterocycles. The maximum absolute atomic E-state index is 4.20. The molecule has 62 valence electrons. The molecule has 1 atom stereocenters. The topological polar surface area (TPSA) is 15.3 Å². The van der Waals surface area contributed by atoms with Crippen molar-refractivity contribution in [3.8, 4) is 0 Å². The summed E-state index contributed by atoms with van der Waals surface area (Å²) in [6.45, 7) is 6.20. The molecule has 0 spiro atoms. The lowest BCUT2D eigenvalue weighted by atomic mass is 10.3. The molecule has 1 N–H and O–H groups in total. The lowest BCUT2D eigenvalue weighted by Gasteiger charge is -2.06. The number of hydrogen-bond donors (Lipinski definition) is 2. The molecule has 0 bridgehead atoms. The molecule has 1 heterocycles. The minimum Gasteiger partial charge on any atom is -0.316 e. The summed E-state index contributed by atoms with van der Waals surface area (Å²) in [5.41, 5.74) is 0. The third-order valence-corrected chi connectivity index (χ3v) is 1.94. The molecular weight excluding hydrogens is 144 g/mol. The molecule has 3 heteroatoms. The van der Waals surface area contributed by atoms with Gasteiger partial charge in [0.1, 0.15) is 0 Å². The van der Waals surface area contributed by atoms with Crippen LogP contribution in [0.2, 0.25) is 0 Å². The second-order valence-corrected chi connectivity index (χ2v) is 2.75. The summed E-state index contributed by atoms with van der Waals surface area (Å²) in [5.74, 6) is 0. The quantitative estimate of drug-likeness (QED) is 0.562. The van der Waals surface area contributed by atoms with Crippen molar-refractivity contribution in [2.24, 2.45) is 0 Å². The predicted octanol–water partition coefficient (Wildman–Crippen LogP) is 1.15. The number of hydrogen-bond acceptors (Lipinski definition) is 3. The Bertz CT molecular complexity index is 78.0. The van der Waals surface area contributed by atoms with Gasteiger partial charge in [0, 0.05) is 19.1 Å². The van der Waals surface area contributed by atoms with E-state index in [0.29, 0.717) is 6.04 Å². The van der Waals surface area contributed by atoms with E-state index in [2.05, 4.69) is 18.1 Å². The van der Waals surface area contributed by atoms with Gasteiger partial charge in [0.25, 0.3) is 0 Å². The van der Waals surface area contributed by atoms with Gasteiger partial charge in [0.15, 0.2) is 0 Å². The molecule has 0 amide bonds. The summed E-state index contributed by atoms with van der Waals surface area (Å²) in [5, 5.41) is 3.20. The van der Waals surface area contributed by atoms with Crippen LogP contribution in [0.5, 0.6) is 0 Å². The van der Waals surface area contributed by atoms with Crippen LogP contribution in [0.15, 0.2) is 0 Å². The SMILES string of the molecule is CC.CNC1CCN(S)C1. The van der Waals surface area contributed by atoms with Crippen LogP contribution in [0.3, 0.4) is 0 Å². The minimum atomic E-state index is 0.674. The second-order valence-electron chi connectivity index (χ2n) is 2.19. The lowest BCUT2D eigenvalue weighted by Crippen LogP contribution is -2.26. The Morgan fingerprint density at radius 3 is 2.30 bits per heavy atom. The molecule has 0 aliphatic carbocycles. The lowest BCUT2D eigenvalue weighted by molar-refractivity contribution is 0.547. The molecule has 2 nitrogen and oxygen atoms in total. The van der Waals surface area contributed by atoms with E-state index in [-0.39, 0.29) is 0 Å². The average molecular weight is 162 g/mol. The molecule has 0 aromatic carbocycles. The molecule has 1 fully saturated rings. The fourth-order valence-electron chi connectivity index (χ4n) is 0.977. The zero-order valence-corrected chi connectivity index (χ0v) is 7.99. The van der Waals surface area contributed by atoms with E-state index >= 15 is 0 Å².